The van der Waals surface area contributed by atoms with Gasteiger partial charge in [0.05, 0.1) is 20.7 Å². The molecule has 2 aromatic rings. The second-order valence-corrected chi connectivity index (χ2v) is 5.16. The normalized spacial score (nSPS) is 10.2. The first kappa shape index (κ1) is 13.9. The highest BCUT2D eigenvalue weighted by Crippen LogP contribution is 2.30. The Morgan fingerprint density at radius 3 is 2.74 bits per heavy atom. The van der Waals surface area contributed by atoms with Gasteiger partial charge in [-0.25, -0.2) is 4.79 Å². The highest BCUT2D eigenvalue weighted by atomic mass is 79.9. The molecule has 5 heteroatoms. The highest BCUT2D eigenvalue weighted by molar-refractivity contribution is 9.10. The minimum absolute atomic E-state index is 0.282. The first-order valence-electron chi connectivity index (χ1n) is 5.58. The lowest BCUT2D eigenvalue weighted by Crippen LogP contribution is -2.02. The average Bonchev–Trinajstić information content (AvgIpc) is 2.41. The van der Waals surface area contributed by atoms with Gasteiger partial charge in [-0.2, -0.15) is 0 Å². The number of halogens is 2. The smallest absolute Gasteiger partial charge is 0.335 e. The van der Waals surface area contributed by atoms with Crippen molar-refractivity contribution in [2.24, 2.45) is 0 Å². The van der Waals surface area contributed by atoms with Crippen molar-refractivity contribution in [2.75, 3.05) is 5.32 Å². The molecule has 2 N–H and O–H groups in total. The molecule has 0 unspecified atom stereocenters. The fourth-order valence-electron chi connectivity index (χ4n) is 1.65. The summed E-state index contributed by atoms with van der Waals surface area (Å²) in [7, 11) is 0. The van der Waals surface area contributed by atoms with Crippen LogP contribution >= 0.6 is 27.5 Å². The first-order valence-corrected chi connectivity index (χ1v) is 6.75. The van der Waals surface area contributed by atoms with Crippen molar-refractivity contribution >= 4 is 39.2 Å². The number of hydrogen-bond donors (Lipinski definition) is 2. The lowest BCUT2D eigenvalue weighted by Gasteiger charge is -2.10. The predicted molar refractivity (Wildman–Crippen MR) is 79.9 cm³/mol. The minimum atomic E-state index is -0.925. The van der Waals surface area contributed by atoms with E-state index in [1.54, 1.807) is 24.3 Å². The quantitative estimate of drug-likeness (QED) is 0.866. The van der Waals surface area contributed by atoms with Crippen LogP contribution in [0.15, 0.2) is 46.9 Å². The molecular formula is C14H11BrClNO2. The molecule has 0 saturated carbocycles. The lowest BCUT2D eigenvalue weighted by molar-refractivity contribution is 0.0697. The van der Waals surface area contributed by atoms with Gasteiger partial charge in [-0.15, -0.1) is 0 Å². The van der Waals surface area contributed by atoms with Crippen LogP contribution < -0.4 is 5.32 Å². The molecule has 0 aliphatic rings. The maximum Gasteiger partial charge on any atom is 0.335 e. The molecule has 0 fully saturated rings. The fraction of sp³-hybridized carbons (Fsp3) is 0.0714. The van der Waals surface area contributed by atoms with Crippen LogP contribution in [0.5, 0.6) is 0 Å². The third-order valence-electron chi connectivity index (χ3n) is 2.61. The van der Waals surface area contributed by atoms with Gasteiger partial charge in [-0.05, 0) is 45.8 Å². The van der Waals surface area contributed by atoms with Crippen molar-refractivity contribution in [2.45, 2.75) is 6.54 Å². The van der Waals surface area contributed by atoms with Crippen molar-refractivity contribution in [3.63, 3.8) is 0 Å². The maximum absolute atomic E-state index is 10.9. The van der Waals surface area contributed by atoms with E-state index >= 15 is 0 Å². The maximum atomic E-state index is 10.9. The Morgan fingerprint density at radius 1 is 1.26 bits per heavy atom. The van der Waals surface area contributed by atoms with E-state index in [-0.39, 0.29) is 5.56 Å². The Kier molecular flexibility index (Phi) is 4.45. The van der Waals surface area contributed by atoms with Crippen LogP contribution in [0.1, 0.15) is 15.9 Å². The Balaban J connectivity index is 2.12. The molecule has 0 bridgehead atoms. The van der Waals surface area contributed by atoms with Crippen LogP contribution in [-0.4, -0.2) is 11.1 Å². The average molecular weight is 341 g/mol. The Hall–Kier alpha value is -1.52. The summed E-state index contributed by atoms with van der Waals surface area (Å²) in [4.78, 5) is 10.9. The number of carboxylic acid groups (broad SMARTS) is 1. The molecule has 0 atom stereocenters. The van der Waals surface area contributed by atoms with Gasteiger partial charge in [0, 0.05) is 6.54 Å². The number of rotatable bonds is 4. The van der Waals surface area contributed by atoms with E-state index in [9.17, 15) is 4.79 Å². The summed E-state index contributed by atoms with van der Waals surface area (Å²) in [6.45, 7) is 0.528. The van der Waals surface area contributed by atoms with Gasteiger partial charge >= 0.3 is 5.97 Å². The number of benzene rings is 2. The van der Waals surface area contributed by atoms with Crippen molar-refractivity contribution < 1.29 is 9.90 Å². The van der Waals surface area contributed by atoms with E-state index in [0.717, 1.165) is 15.7 Å². The molecule has 2 rings (SSSR count). The van der Waals surface area contributed by atoms with Crippen molar-refractivity contribution in [3.05, 3.63) is 63.1 Å². The van der Waals surface area contributed by atoms with Crippen molar-refractivity contribution in [1.29, 1.82) is 0 Å². The van der Waals surface area contributed by atoms with E-state index in [1.165, 1.54) is 0 Å². The first-order chi connectivity index (χ1) is 9.08. The van der Waals surface area contributed by atoms with Crippen molar-refractivity contribution in [3.8, 4) is 0 Å². The summed E-state index contributed by atoms with van der Waals surface area (Å²) in [6, 6.07) is 12.4. The second kappa shape index (κ2) is 6.08. The Morgan fingerprint density at radius 2 is 2.00 bits per heavy atom. The van der Waals surface area contributed by atoms with E-state index in [1.807, 2.05) is 18.2 Å². The van der Waals surface area contributed by atoms with E-state index in [4.69, 9.17) is 16.7 Å². The summed E-state index contributed by atoms with van der Waals surface area (Å²) in [6.07, 6.45) is 0. The minimum Gasteiger partial charge on any atom is -0.478 e. The molecule has 0 saturated heterocycles. The van der Waals surface area contributed by atoms with E-state index in [0.29, 0.717) is 11.6 Å². The van der Waals surface area contributed by atoms with Crippen molar-refractivity contribution in [1.82, 2.24) is 0 Å². The third kappa shape index (κ3) is 3.49. The number of hydrogen-bond acceptors (Lipinski definition) is 2. The van der Waals surface area contributed by atoms with Crippen LogP contribution in [0.4, 0.5) is 5.69 Å². The van der Waals surface area contributed by atoms with Crippen LogP contribution in [0.2, 0.25) is 5.02 Å². The number of carboxylic acids is 1. The largest absolute Gasteiger partial charge is 0.478 e. The molecule has 0 amide bonds. The molecular weight excluding hydrogens is 330 g/mol. The molecule has 98 valence electrons. The molecule has 2 aromatic carbocycles. The molecule has 0 aliphatic heterocycles. The number of aromatic carboxylic acids is 1. The topological polar surface area (TPSA) is 49.3 Å². The molecule has 0 spiro atoms. The molecule has 0 radical (unpaired) electrons. The van der Waals surface area contributed by atoms with Gasteiger partial charge in [0.2, 0.25) is 0 Å². The van der Waals surface area contributed by atoms with Gasteiger partial charge in [0.25, 0.3) is 0 Å². The second-order valence-electron chi connectivity index (χ2n) is 3.96. The summed E-state index contributed by atoms with van der Waals surface area (Å²) >= 11 is 9.40. The zero-order valence-corrected chi connectivity index (χ0v) is 12.2. The van der Waals surface area contributed by atoms with E-state index in [2.05, 4.69) is 21.2 Å². The number of nitrogens with one attached hydrogen (secondary N) is 1. The summed E-state index contributed by atoms with van der Waals surface area (Å²) in [5.41, 5.74) is 2.05. The fourth-order valence-corrected chi connectivity index (χ4v) is 2.23. The third-order valence-corrected chi connectivity index (χ3v) is 4.01. The monoisotopic (exact) mass is 339 g/mol. The lowest BCUT2D eigenvalue weighted by atomic mass is 10.1. The van der Waals surface area contributed by atoms with Gasteiger partial charge in [-0.3, -0.25) is 0 Å². The van der Waals surface area contributed by atoms with Crippen LogP contribution in [0, 0.1) is 0 Å². The van der Waals surface area contributed by atoms with Crippen LogP contribution in [0.25, 0.3) is 0 Å². The summed E-state index contributed by atoms with van der Waals surface area (Å²) < 4.78 is 0.797. The molecule has 0 heterocycles. The zero-order chi connectivity index (χ0) is 13.8. The van der Waals surface area contributed by atoms with E-state index < -0.39 is 5.97 Å². The van der Waals surface area contributed by atoms with Gasteiger partial charge < -0.3 is 10.4 Å². The molecule has 0 aromatic heterocycles. The molecule has 3 nitrogen and oxygen atoms in total. The Labute approximate surface area is 124 Å². The summed E-state index contributed by atoms with van der Waals surface area (Å²) in [5, 5.41) is 12.8. The Bertz CT molecular complexity index is 616. The van der Waals surface area contributed by atoms with Crippen LogP contribution in [-0.2, 0) is 6.54 Å². The van der Waals surface area contributed by atoms with Gasteiger partial charge in [-0.1, -0.05) is 29.8 Å². The molecule has 0 aliphatic carbocycles. The summed E-state index contributed by atoms with van der Waals surface area (Å²) in [5.74, 6) is -0.925. The standard InChI is InChI=1S/C14H11BrClNO2/c15-13-11(16)5-2-6-12(13)17-8-9-3-1-4-10(7-9)14(18)19/h1-7,17H,8H2,(H,18,19). The van der Waals surface area contributed by atoms with Gasteiger partial charge in [0.1, 0.15) is 0 Å². The number of carbonyl (C=O) groups is 1. The SMILES string of the molecule is O=C(O)c1cccc(CNc2cccc(Cl)c2Br)c1. The van der Waals surface area contributed by atoms with Crippen LogP contribution in [0.3, 0.4) is 0 Å². The zero-order valence-electron chi connectivity index (χ0n) is 9.86. The number of anilines is 1. The highest BCUT2D eigenvalue weighted by Gasteiger charge is 2.05. The van der Waals surface area contributed by atoms with Gasteiger partial charge in [0.15, 0.2) is 0 Å². The predicted octanol–water partition coefficient (Wildman–Crippen LogP) is 4.41. The molecule has 19 heavy (non-hydrogen) atoms.